The first-order valence-electron chi connectivity index (χ1n) is 7.46. The van der Waals surface area contributed by atoms with Gasteiger partial charge in [-0.15, -0.1) is 0 Å². The average molecular weight is 338 g/mol. The van der Waals surface area contributed by atoms with Crippen LogP contribution in [0.25, 0.3) is 0 Å². The predicted molar refractivity (Wildman–Crippen MR) is 87.0 cm³/mol. The van der Waals surface area contributed by atoms with Gasteiger partial charge in [0.05, 0.1) is 24.2 Å². The number of ether oxygens (including phenoxy) is 1. The van der Waals surface area contributed by atoms with Crippen molar-refractivity contribution in [1.82, 2.24) is 9.88 Å². The average Bonchev–Trinajstić information content (AvgIpc) is 2.93. The number of rotatable bonds is 7. The Morgan fingerprint density at radius 3 is 2.61 bits per heavy atom. The van der Waals surface area contributed by atoms with Crippen molar-refractivity contribution in [3.63, 3.8) is 0 Å². The lowest BCUT2D eigenvalue weighted by Gasteiger charge is -2.12. The van der Waals surface area contributed by atoms with Gasteiger partial charge in [0, 0.05) is 12.1 Å². The van der Waals surface area contributed by atoms with Gasteiger partial charge in [-0.3, -0.25) is 0 Å². The number of benzene rings is 1. The Bertz CT molecular complexity index is 781. The number of nitrogens with zero attached hydrogens (tertiary/aromatic N) is 1. The van der Waals surface area contributed by atoms with Crippen LogP contribution in [0, 0.1) is 13.8 Å². The largest absolute Gasteiger partial charge is 0.496 e. The molecule has 0 aliphatic carbocycles. The fourth-order valence-corrected chi connectivity index (χ4v) is 3.61. The van der Waals surface area contributed by atoms with Gasteiger partial charge >= 0.3 is 0 Å². The maximum absolute atomic E-state index is 12.5. The standard InChI is InChI=1S/C16H22N2O4S/c1-5-6-13-8-14(22-18-13)10-17-23(19,20)16-9-15(21-4)11(2)7-12(16)3/h7-9,17H,5-6,10H2,1-4H3. The molecular formula is C16H22N2O4S. The fourth-order valence-electron chi connectivity index (χ4n) is 2.38. The van der Waals surface area contributed by atoms with Crippen LogP contribution in [0.5, 0.6) is 5.75 Å². The van der Waals surface area contributed by atoms with Gasteiger partial charge in [-0.2, -0.15) is 0 Å². The van der Waals surface area contributed by atoms with Crippen LogP contribution in [0.3, 0.4) is 0 Å². The highest BCUT2D eigenvalue weighted by Crippen LogP contribution is 2.25. The molecule has 126 valence electrons. The van der Waals surface area contributed by atoms with Crippen molar-refractivity contribution in [3.8, 4) is 5.75 Å². The molecule has 0 saturated heterocycles. The lowest BCUT2D eigenvalue weighted by molar-refractivity contribution is 0.374. The summed E-state index contributed by atoms with van der Waals surface area (Å²) in [5.41, 5.74) is 2.39. The van der Waals surface area contributed by atoms with E-state index >= 15 is 0 Å². The quantitative estimate of drug-likeness (QED) is 0.839. The normalized spacial score (nSPS) is 11.7. The number of hydrogen-bond acceptors (Lipinski definition) is 5. The Labute approximate surface area is 136 Å². The summed E-state index contributed by atoms with van der Waals surface area (Å²) in [6.07, 6.45) is 1.77. The van der Waals surface area contributed by atoms with Crippen LogP contribution >= 0.6 is 0 Å². The second-order valence-electron chi connectivity index (χ2n) is 5.45. The molecule has 0 radical (unpaired) electrons. The molecule has 1 N–H and O–H groups in total. The van der Waals surface area contributed by atoms with Gasteiger partial charge in [0.2, 0.25) is 10.0 Å². The Morgan fingerprint density at radius 2 is 1.96 bits per heavy atom. The minimum Gasteiger partial charge on any atom is -0.496 e. The molecule has 2 aromatic rings. The summed E-state index contributed by atoms with van der Waals surface area (Å²) < 4.78 is 37.9. The van der Waals surface area contributed by atoms with Crippen LogP contribution in [0.2, 0.25) is 0 Å². The maximum atomic E-state index is 12.5. The number of aromatic nitrogens is 1. The molecule has 6 nitrogen and oxygen atoms in total. The van der Waals surface area contributed by atoms with Crippen molar-refractivity contribution < 1.29 is 17.7 Å². The van der Waals surface area contributed by atoms with Crippen LogP contribution in [-0.2, 0) is 23.0 Å². The predicted octanol–water partition coefficient (Wildman–Crippen LogP) is 2.73. The second kappa shape index (κ2) is 7.14. The molecule has 1 aromatic carbocycles. The van der Waals surface area contributed by atoms with Crippen molar-refractivity contribution in [2.24, 2.45) is 0 Å². The summed E-state index contributed by atoms with van der Waals surface area (Å²) in [6.45, 7) is 5.74. The minimum absolute atomic E-state index is 0.0642. The first-order chi connectivity index (χ1) is 10.9. The van der Waals surface area contributed by atoms with Crippen LogP contribution in [0.1, 0.15) is 35.9 Å². The van der Waals surface area contributed by atoms with E-state index in [-0.39, 0.29) is 11.4 Å². The first kappa shape index (κ1) is 17.5. The zero-order valence-corrected chi connectivity index (χ0v) is 14.7. The third-order valence-corrected chi connectivity index (χ3v) is 5.08. The molecule has 0 atom stereocenters. The lowest BCUT2D eigenvalue weighted by Crippen LogP contribution is -2.24. The fraction of sp³-hybridized carbons (Fsp3) is 0.438. The number of nitrogens with one attached hydrogen (secondary N) is 1. The van der Waals surface area contributed by atoms with E-state index in [1.54, 1.807) is 19.1 Å². The summed E-state index contributed by atoms with van der Waals surface area (Å²) in [7, 11) is -2.14. The Morgan fingerprint density at radius 1 is 1.22 bits per heavy atom. The first-order valence-corrected chi connectivity index (χ1v) is 8.95. The smallest absolute Gasteiger partial charge is 0.241 e. The molecule has 1 heterocycles. The van der Waals surface area contributed by atoms with Crippen LogP contribution in [-0.4, -0.2) is 20.7 Å². The summed E-state index contributed by atoms with van der Waals surface area (Å²) in [5, 5.41) is 3.91. The van der Waals surface area contributed by atoms with Gasteiger partial charge in [-0.05, 0) is 31.4 Å². The van der Waals surface area contributed by atoms with Crippen molar-refractivity contribution >= 4 is 10.0 Å². The topological polar surface area (TPSA) is 81.4 Å². The molecule has 0 spiro atoms. The van der Waals surface area contributed by atoms with E-state index in [1.165, 1.54) is 13.2 Å². The van der Waals surface area contributed by atoms with E-state index in [1.807, 2.05) is 13.8 Å². The summed E-state index contributed by atoms with van der Waals surface area (Å²) in [5.74, 6) is 1.04. The zero-order valence-electron chi connectivity index (χ0n) is 13.8. The molecular weight excluding hydrogens is 316 g/mol. The zero-order chi connectivity index (χ0) is 17.0. The van der Waals surface area contributed by atoms with Crippen molar-refractivity contribution in [2.75, 3.05) is 7.11 Å². The van der Waals surface area contributed by atoms with Crippen molar-refractivity contribution in [1.29, 1.82) is 0 Å². The van der Waals surface area contributed by atoms with Crippen molar-refractivity contribution in [3.05, 3.63) is 40.8 Å². The van der Waals surface area contributed by atoms with E-state index in [9.17, 15) is 8.42 Å². The molecule has 23 heavy (non-hydrogen) atoms. The summed E-state index contributed by atoms with van der Waals surface area (Å²) >= 11 is 0. The third kappa shape index (κ3) is 4.11. The Hall–Kier alpha value is -1.86. The number of methoxy groups -OCH3 is 1. The van der Waals surface area contributed by atoms with Gasteiger partial charge in [-0.25, -0.2) is 13.1 Å². The molecule has 0 unspecified atom stereocenters. The van der Waals surface area contributed by atoms with Gasteiger partial charge in [-0.1, -0.05) is 24.6 Å². The van der Waals surface area contributed by atoms with Gasteiger partial charge in [0.1, 0.15) is 5.75 Å². The molecule has 1 aromatic heterocycles. The minimum atomic E-state index is -3.66. The molecule has 0 aliphatic heterocycles. The summed E-state index contributed by atoms with van der Waals surface area (Å²) in [4.78, 5) is 0.202. The highest BCUT2D eigenvalue weighted by Gasteiger charge is 2.19. The lowest BCUT2D eigenvalue weighted by atomic mass is 10.1. The molecule has 2 rings (SSSR count). The van der Waals surface area contributed by atoms with Crippen LogP contribution in [0.4, 0.5) is 0 Å². The highest BCUT2D eigenvalue weighted by atomic mass is 32.2. The van der Waals surface area contributed by atoms with Crippen LogP contribution in [0.15, 0.2) is 27.6 Å². The molecule has 0 aliphatic rings. The molecule has 7 heteroatoms. The maximum Gasteiger partial charge on any atom is 0.241 e. The molecule has 0 saturated carbocycles. The van der Waals surface area contributed by atoms with Gasteiger partial charge in [0.25, 0.3) is 0 Å². The van der Waals surface area contributed by atoms with E-state index in [4.69, 9.17) is 9.26 Å². The number of hydrogen-bond donors (Lipinski definition) is 1. The SMILES string of the molecule is CCCc1cc(CNS(=O)(=O)c2cc(OC)c(C)cc2C)on1. The van der Waals surface area contributed by atoms with E-state index in [2.05, 4.69) is 9.88 Å². The Balaban J connectivity index is 2.18. The monoisotopic (exact) mass is 338 g/mol. The second-order valence-corrected chi connectivity index (χ2v) is 7.18. The number of aryl methyl sites for hydroxylation is 3. The highest BCUT2D eigenvalue weighted by molar-refractivity contribution is 7.89. The summed E-state index contributed by atoms with van der Waals surface area (Å²) in [6, 6.07) is 5.10. The molecule has 0 amide bonds. The Kier molecular flexibility index (Phi) is 5.43. The third-order valence-electron chi connectivity index (χ3n) is 3.53. The van der Waals surface area contributed by atoms with E-state index in [0.717, 1.165) is 24.1 Å². The van der Waals surface area contributed by atoms with Gasteiger partial charge < -0.3 is 9.26 Å². The number of sulfonamides is 1. The van der Waals surface area contributed by atoms with Crippen LogP contribution < -0.4 is 9.46 Å². The van der Waals surface area contributed by atoms with Crippen molar-refractivity contribution in [2.45, 2.75) is 45.1 Å². The van der Waals surface area contributed by atoms with Gasteiger partial charge in [0.15, 0.2) is 5.76 Å². The van der Waals surface area contributed by atoms with E-state index < -0.39 is 10.0 Å². The van der Waals surface area contributed by atoms with E-state index in [0.29, 0.717) is 17.1 Å². The molecule has 0 fully saturated rings. The molecule has 0 bridgehead atoms.